The van der Waals surface area contributed by atoms with Gasteiger partial charge in [0.2, 0.25) is 5.82 Å². The molecule has 12 heteroatoms. The van der Waals surface area contributed by atoms with E-state index in [1.807, 2.05) is 13.8 Å². The third-order valence-electron chi connectivity index (χ3n) is 3.73. The number of carbonyl (C=O) groups is 1. The summed E-state index contributed by atoms with van der Waals surface area (Å²) in [6, 6.07) is 3.17. The zero-order valence-corrected chi connectivity index (χ0v) is 18.1. The van der Waals surface area contributed by atoms with Gasteiger partial charge in [-0.05, 0) is 25.1 Å². The average Bonchev–Trinajstić information content (AvgIpc) is 2.77. The van der Waals surface area contributed by atoms with Gasteiger partial charge in [0, 0.05) is 12.1 Å². The molecular formula is C21H16F5NO5S. The molecule has 0 fully saturated rings. The molecular weight excluding hydrogens is 473 g/mol. The lowest BCUT2D eigenvalue weighted by Crippen LogP contribution is -2.17. The molecule has 0 saturated heterocycles. The maximum Gasteiger partial charge on any atom is 0.345 e. The molecule has 1 aliphatic heterocycles. The third kappa shape index (κ3) is 5.45. The fourth-order valence-corrected chi connectivity index (χ4v) is 3.47. The number of ketones is 1. The van der Waals surface area contributed by atoms with Crippen LogP contribution >= 0.6 is 0 Å². The first-order chi connectivity index (χ1) is 15.5. The van der Waals surface area contributed by atoms with Gasteiger partial charge in [-0.2, -0.15) is 8.42 Å². The van der Waals surface area contributed by atoms with Crippen LogP contribution in [0.4, 0.5) is 27.6 Å². The molecule has 0 spiro atoms. The van der Waals surface area contributed by atoms with E-state index in [2.05, 4.69) is 9.18 Å². The lowest BCUT2D eigenvalue weighted by atomic mass is 10.2. The van der Waals surface area contributed by atoms with Gasteiger partial charge in [0.1, 0.15) is 17.2 Å². The second-order valence-corrected chi connectivity index (χ2v) is 7.36. The molecule has 0 radical (unpaired) electrons. The van der Waals surface area contributed by atoms with E-state index in [-0.39, 0.29) is 17.2 Å². The molecule has 0 saturated carbocycles. The Labute approximate surface area is 185 Å². The fraction of sp³-hybridized carbons (Fsp3) is 0.143. The summed E-state index contributed by atoms with van der Waals surface area (Å²) in [5, 5.41) is 0. The van der Waals surface area contributed by atoms with E-state index in [9.17, 15) is 35.2 Å². The van der Waals surface area contributed by atoms with Crippen molar-refractivity contribution in [2.24, 2.45) is 4.99 Å². The number of carbonyl (C=O) groups excluding carboxylic acids is 1. The van der Waals surface area contributed by atoms with Gasteiger partial charge >= 0.3 is 10.1 Å². The first-order valence-corrected chi connectivity index (χ1v) is 10.7. The predicted octanol–water partition coefficient (Wildman–Crippen LogP) is 5.30. The average molecular weight is 489 g/mol. The molecule has 0 bridgehead atoms. The van der Waals surface area contributed by atoms with Crippen LogP contribution in [0, 0.1) is 29.1 Å². The van der Waals surface area contributed by atoms with E-state index >= 15 is 0 Å². The molecule has 33 heavy (non-hydrogen) atoms. The number of ether oxygens (including phenoxy) is 1. The maximum atomic E-state index is 13.8. The van der Waals surface area contributed by atoms with Crippen molar-refractivity contribution in [2.45, 2.75) is 25.7 Å². The SMILES string of the molecule is C/C=C\C(=O)/C=C1\C=Nc2ccc(OS(=O)(=O)c3c(F)c(F)c(F)c(F)c3F)cc2O1.CC. The fourth-order valence-electron chi connectivity index (χ4n) is 2.41. The molecule has 0 unspecified atom stereocenters. The van der Waals surface area contributed by atoms with Crippen LogP contribution in [0.2, 0.25) is 0 Å². The molecule has 1 aliphatic rings. The van der Waals surface area contributed by atoms with E-state index in [0.29, 0.717) is 0 Å². The van der Waals surface area contributed by atoms with Gasteiger partial charge < -0.3 is 8.92 Å². The zero-order chi connectivity index (χ0) is 24.9. The summed E-state index contributed by atoms with van der Waals surface area (Å²) in [5.74, 6) is -13.6. The summed E-state index contributed by atoms with van der Waals surface area (Å²) < 4.78 is 102. The van der Waals surface area contributed by atoms with Gasteiger partial charge in [-0.3, -0.25) is 4.79 Å². The number of aliphatic imine (C=N–C) groups is 1. The van der Waals surface area contributed by atoms with Crippen LogP contribution in [0.15, 0.2) is 52.1 Å². The number of rotatable bonds is 5. The Morgan fingerprint density at radius 1 is 1.00 bits per heavy atom. The molecule has 3 rings (SSSR count). The Kier molecular flexibility index (Phi) is 8.09. The molecule has 2 aromatic carbocycles. The summed E-state index contributed by atoms with van der Waals surface area (Å²) in [5.41, 5.74) is 0.191. The van der Waals surface area contributed by atoms with Gasteiger partial charge in [-0.15, -0.1) is 0 Å². The number of fused-ring (bicyclic) bond motifs is 1. The molecule has 6 nitrogen and oxygen atoms in total. The van der Waals surface area contributed by atoms with Crippen molar-refractivity contribution in [1.82, 2.24) is 0 Å². The normalized spacial score (nSPS) is 13.9. The number of hydrogen-bond donors (Lipinski definition) is 0. The molecule has 1 heterocycles. The van der Waals surface area contributed by atoms with E-state index in [1.54, 1.807) is 6.92 Å². The molecule has 0 aromatic heterocycles. The number of benzene rings is 2. The minimum absolute atomic E-state index is 0.00428. The highest BCUT2D eigenvalue weighted by molar-refractivity contribution is 7.87. The van der Waals surface area contributed by atoms with E-state index in [4.69, 9.17) is 4.74 Å². The molecule has 2 aromatic rings. The van der Waals surface area contributed by atoms with Gasteiger partial charge in [-0.25, -0.2) is 26.9 Å². The monoisotopic (exact) mass is 489 g/mol. The Morgan fingerprint density at radius 3 is 2.15 bits per heavy atom. The van der Waals surface area contributed by atoms with Crippen LogP contribution < -0.4 is 8.92 Å². The van der Waals surface area contributed by atoms with Crippen molar-refractivity contribution in [3.05, 3.63) is 71.3 Å². The largest absolute Gasteiger partial charge is 0.453 e. The van der Waals surface area contributed by atoms with Crippen molar-refractivity contribution in [1.29, 1.82) is 0 Å². The lowest BCUT2D eigenvalue weighted by molar-refractivity contribution is -0.110. The topological polar surface area (TPSA) is 82.0 Å². The summed E-state index contributed by atoms with van der Waals surface area (Å²) in [6.45, 7) is 5.62. The van der Waals surface area contributed by atoms with Crippen LogP contribution in [-0.2, 0) is 14.9 Å². The Hall–Kier alpha value is -3.54. The molecule has 0 aliphatic carbocycles. The second kappa shape index (κ2) is 10.4. The number of halogens is 5. The van der Waals surface area contributed by atoms with Crippen molar-refractivity contribution < 1.29 is 44.1 Å². The Bertz CT molecular complexity index is 1260. The second-order valence-electron chi connectivity index (χ2n) is 5.88. The van der Waals surface area contributed by atoms with Crippen LogP contribution in [-0.4, -0.2) is 20.4 Å². The summed E-state index contributed by atoms with van der Waals surface area (Å²) in [7, 11) is -5.47. The predicted molar refractivity (Wildman–Crippen MR) is 109 cm³/mol. The maximum absolute atomic E-state index is 13.8. The van der Waals surface area contributed by atoms with Crippen molar-refractivity contribution in [3.63, 3.8) is 0 Å². The van der Waals surface area contributed by atoms with Crippen LogP contribution in [0.3, 0.4) is 0 Å². The first kappa shape index (κ1) is 25.7. The highest BCUT2D eigenvalue weighted by Crippen LogP contribution is 2.37. The Balaban J connectivity index is 0.00000187. The van der Waals surface area contributed by atoms with E-state index in [1.165, 1.54) is 24.4 Å². The van der Waals surface area contributed by atoms with Gasteiger partial charge in [0.25, 0.3) is 0 Å². The van der Waals surface area contributed by atoms with Crippen LogP contribution in [0.25, 0.3) is 0 Å². The van der Waals surface area contributed by atoms with E-state index in [0.717, 1.165) is 18.2 Å². The van der Waals surface area contributed by atoms with Crippen LogP contribution in [0.1, 0.15) is 20.8 Å². The standard InChI is InChI=1S/C19H10F5NO5S.C2H6/c1-2-3-9(26)6-11-8-25-12-5-4-10(7-13(12)29-11)30-31(27,28)19-17(23)15(21)14(20)16(22)18(19)24;1-2/h2-8H,1H3;1-2H3/b3-2-,11-6+;. The van der Waals surface area contributed by atoms with Gasteiger partial charge in [0.05, 0.1) is 6.21 Å². The minimum Gasteiger partial charge on any atom is -0.453 e. The van der Waals surface area contributed by atoms with Crippen LogP contribution in [0.5, 0.6) is 11.5 Å². The molecule has 0 atom stereocenters. The minimum atomic E-state index is -5.47. The van der Waals surface area contributed by atoms with Gasteiger partial charge in [0.15, 0.2) is 39.7 Å². The lowest BCUT2D eigenvalue weighted by Gasteiger charge is -2.15. The highest BCUT2D eigenvalue weighted by atomic mass is 32.2. The highest BCUT2D eigenvalue weighted by Gasteiger charge is 2.35. The number of nitrogens with zero attached hydrogens (tertiary/aromatic N) is 1. The smallest absolute Gasteiger partial charge is 0.345 e. The quantitative estimate of drug-likeness (QED) is 0.187. The molecule has 176 valence electrons. The van der Waals surface area contributed by atoms with Crippen molar-refractivity contribution >= 4 is 27.8 Å². The first-order valence-electron chi connectivity index (χ1n) is 9.25. The molecule has 0 amide bonds. The van der Waals surface area contributed by atoms with Crippen molar-refractivity contribution in [3.8, 4) is 11.5 Å². The summed E-state index contributed by atoms with van der Waals surface area (Å²) in [6.07, 6.45) is 5.04. The third-order valence-corrected chi connectivity index (χ3v) is 5.00. The molecule has 0 N–H and O–H groups in total. The van der Waals surface area contributed by atoms with E-state index < -0.39 is 55.6 Å². The Morgan fingerprint density at radius 2 is 1.58 bits per heavy atom. The number of allylic oxidation sites excluding steroid dienone is 4. The summed E-state index contributed by atoms with van der Waals surface area (Å²) >= 11 is 0. The van der Waals surface area contributed by atoms with Crippen molar-refractivity contribution in [2.75, 3.05) is 0 Å². The zero-order valence-electron chi connectivity index (χ0n) is 17.3. The number of hydrogen-bond acceptors (Lipinski definition) is 6. The summed E-state index contributed by atoms with van der Waals surface area (Å²) in [4.78, 5) is 13.5. The van der Waals surface area contributed by atoms with Gasteiger partial charge in [-0.1, -0.05) is 19.9 Å².